The molecule has 0 aliphatic heterocycles. The minimum Gasteiger partial charge on any atom is -0.490 e. The number of hydrogen-bond donors (Lipinski definition) is 1. The summed E-state index contributed by atoms with van der Waals surface area (Å²) in [7, 11) is 1.48. The van der Waals surface area contributed by atoms with Crippen molar-refractivity contribution in [2.45, 2.75) is 20.3 Å². The molecule has 0 aromatic heterocycles. The molecule has 0 atom stereocenters. The molecule has 0 unspecified atom stereocenters. The molecule has 0 heterocycles. The van der Waals surface area contributed by atoms with Gasteiger partial charge in [0.05, 0.1) is 18.8 Å². The van der Waals surface area contributed by atoms with E-state index in [1.54, 1.807) is 18.2 Å². The first-order valence-electron chi connectivity index (χ1n) is 6.89. The summed E-state index contributed by atoms with van der Waals surface area (Å²) >= 11 is 0. The first kappa shape index (κ1) is 16.8. The summed E-state index contributed by atoms with van der Waals surface area (Å²) < 4.78 is 15.9. The highest BCUT2D eigenvalue weighted by atomic mass is 16.5. The Hall–Kier alpha value is -2.24. The molecule has 0 spiro atoms. The lowest BCUT2D eigenvalue weighted by Crippen LogP contribution is -2.25. The number of likely N-dealkylation sites (N-methyl/N-ethyl adjacent to an activating group) is 1. The Labute approximate surface area is 124 Å². The third-order valence-corrected chi connectivity index (χ3v) is 2.55. The SMILES string of the molecule is CCCOc1ccc(C(=O)OCC(=O)NC)cc1OCC. The molecule has 0 saturated carbocycles. The van der Waals surface area contributed by atoms with Crippen molar-refractivity contribution in [2.75, 3.05) is 26.9 Å². The summed E-state index contributed by atoms with van der Waals surface area (Å²) in [6.07, 6.45) is 0.876. The van der Waals surface area contributed by atoms with Crippen LogP contribution in [0.25, 0.3) is 0 Å². The molecule has 0 radical (unpaired) electrons. The fourth-order valence-electron chi connectivity index (χ4n) is 1.52. The summed E-state index contributed by atoms with van der Waals surface area (Å²) in [6.45, 7) is 4.57. The predicted molar refractivity (Wildman–Crippen MR) is 77.7 cm³/mol. The number of amides is 1. The highest BCUT2D eigenvalue weighted by Gasteiger charge is 2.13. The standard InChI is InChI=1S/C15H21NO5/c1-4-8-20-12-7-6-11(9-13(12)19-5-2)15(18)21-10-14(17)16-3/h6-7,9H,4-5,8,10H2,1-3H3,(H,16,17). The van der Waals surface area contributed by atoms with Gasteiger partial charge < -0.3 is 19.5 Å². The average Bonchev–Trinajstić information content (AvgIpc) is 2.51. The monoisotopic (exact) mass is 295 g/mol. The molecule has 1 aromatic carbocycles. The molecule has 21 heavy (non-hydrogen) atoms. The fraction of sp³-hybridized carbons (Fsp3) is 0.467. The van der Waals surface area contributed by atoms with Crippen LogP contribution in [-0.4, -0.2) is 38.7 Å². The van der Waals surface area contributed by atoms with Crippen molar-refractivity contribution in [3.05, 3.63) is 23.8 Å². The Morgan fingerprint density at radius 3 is 2.52 bits per heavy atom. The van der Waals surface area contributed by atoms with Gasteiger partial charge in [-0.2, -0.15) is 0 Å². The van der Waals surface area contributed by atoms with E-state index in [1.165, 1.54) is 7.05 Å². The molecular formula is C15H21NO5. The van der Waals surface area contributed by atoms with E-state index in [-0.39, 0.29) is 12.5 Å². The van der Waals surface area contributed by atoms with Gasteiger partial charge in [0.15, 0.2) is 18.1 Å². The summed E-state index contributed by atoms with van der Waals surface area (Å²) in [6, 6.07) is 4.80. The average molecular weight is 295 g/mol. The highest BCUT2D eigenvalue weighted by Crippen LogP contribution is 2.29. The number of nitrogens with one attached hydrogen (secondary N) is 1. The van der Waals surface area contributed by atoms with Crippen molar-refractivity contribution < 1.29 is 23.8 Å². The van der Waals surface area contributed by atoms with Crippen molar-refractivity contribution in [1.29, 1.82) is 0 Å². The molecule has 0 aliphatic rings. The van der Waals surface area contributed by atoms with Crippen molar-refractivity contribution >= 4 is 11.9 Å². The van der Waals surface area contributed by atoms with Gasteiger partial charge in [-0.05, 0) is 31.5 Å². The van der Waals surface area contributed by atoms with Crippen LogP contribution in [0.2, 0.25) is 0 Å². The number of esters is 1. The van der Waals surface area contributed by atoms with E-state index in [4.69, 9.17) is 14.2 Å². The third kappa shape index (κ3) is 5.33. The second kappa shape index (κ2) is 8.84. The Morgan fingerprint density at radius 1 is 1.14 bits per heavy atom. The molecule has 1 N–H and O–H groups in total. The van der Waals surface area contributed by atoms with E-state index in [0.29, 0.717) is 30.3 Å². The van der Waals surface area contributed by atoms with Crippen molar-refractivity contribution in [1.82, 2.24) is 5.32 Å². The van der Waals surface area contributed by atoms with Gasteiger partial charge in [0.25, 0.3) is 5.91 Å². The van der Waals surface area contributed by atoms with Gasteiger partial charge in [0.1, 0.15) is 0 Å². The molecule has 1 aromatic rings. The van der Waals surface area contributed by atoms with Crippen LogP contribution in [0.1, 0.15) is 30.6 Å². The molecule has 0 aliphatic carbocycles. The highest BCUT2D eigenvalue weighted by molar-refractivity contribution is 5.92. The Morgan fingerprint density at radius 2 is 1.90 bits per heavy atom. The van der Waals surface area contributed by atoms with Gasteiger partial charge in [-0.1, -0.05) is 6.92 Å². The van der Waals surface area contributed by atoms with E-state index in [1.807, 2.05) is 13.8 Å². The topological polar surface area (TPSA) is 73.9 Å². The second-order valence-electron chi connectivity index (χ2n) is 4.19. The fourth-order valence-corrected chi connectivity index (χ4v) is 1.52. The summed E-state index contributed by atoms with van der Waals surface area (Å²) in [5.74, 6) is 0.125. The molecule has 0 fully saturated rings. The van der Waals surface area contributed by atoms with E-state index in [9.17, 15) is 9.59 Å². The number of ether oxygens (including phenoxy) is 3. The lowest BCUT2D eigenvalue weighted by atomic mass is 10.2. The smallest absolute Gasteiger partial charge is 0.338 e. The van der Waals surface area contributed by atoms with Crippen LogP contribution >= 0.6 is 0 Å². The normalized spacial score (nSPS) is 9.86. The van der Waals surface area contributed by atoms with Crippen LogP contribution in [0, 0.1) is 0 Å². The van der Waals surface area contributed by atoms with Crippen LogP contribution in [0.4, 0.5) is 0 Å². The molecule has 0 bridgehead atoms. The van der Waals surface area contributed by atoms with Gasteiger partial charge in [-0.15, -0.1) is 0 Å². The zero-order valence-corrected chi connectivity index (χ0v) is 12.6. The predicted octanol–water partition coefficient (Wildman–Crippen LogP) is 1.78. The number of carbonyl (C=O) groups is 2. The Bertz CT molecular complexity index is 487. The van der Waals surface area contributed by atoms with E-state index in [0.717, 1.165) is 6.42 Å². The van der Waals surface area contributed by atoms with Crippen LogP contribution < -0.4 is 14.8 Å². The van der Waals surface area contributed by atoms with Crippen LogP contribution in [0.5, 0.6) is 11.5 Å². The number of carbonyl (C=O) groups excluding carboxylic acids is 2. The summed E-state index contributed by atoms with van der Waals surface area (Å²) in [5.41, 5.74) is 0.311. The lowest BCUT2D eigenvalue weighted by molar-refractivity contribution is -0.123. The van der Waals surface area contributed by atoms with Crippen molar-refractivity contribution in [3.8, 4) is 11.5 Å². The van der Waals surface area contributed by atoms with Crippen LogP contribution in [-0.2, 0) is 9.53 Å². The van der Waals surface area contributed by atoms with E-state index in [2.05, 4.69) is 5.32 Å². The van der Waals surface area contributed by atoms with Crippen LogP contribution in [0.15, 0.2) is 18.2 Å². The molecule has 6 nitrogen and oxygen atoms in total. The summed E-state index contributed by atoms with van der Waals surface area (Å²) in [4.78, 5) is 22.9. The first-order valence-corrected chi connectivity index (χ1v) is 6.89. The van der Waals surface area contributed by atoms with Crippen LogP contribution in [0.3, 0.4) is 0 Å². The maximum atomic E-state index is 11.8. The zero-order chi connectivity index (χ0) is 15.7. The number of hydrogen-bond acceptors (Lipinski definition) is 5. The molecule has 1 amide bonds. The lowest BCUT2D eigenvalue weighted by Gasteiger charge is -2.12. The first-order chi connectivity index (χ1) is 10.1. The van der Waals surface area contributed by atoms with Crippen molar-refractivity contribution in [2.24, 2.45) is 0 Å². The van der Waals surface area contributed by atoms with Gasteiger partial charge in [0, 0.05) is 7.05 Å². The van der Waals surface area contributed by atoms with Crippen molar-refractivity contribution in [3.63, 3.8) is 0 Å². The minimum absolute atomic E-state index is 0.311. The minimum atomic E-state index is -0.582. The largest absolute Gasteiger partial charge is 0.490 e. The van der Waals surface area contributed by atoms with E-state index < -0.39 is 5.97 Å². The maximum Gasteiger partial charge on any atom is 0.338 e. The zero-order valence-electron chi connectivity index (χ0n) is 12.6. The Balaban J connectivity index is 2.80. The second-order valence-corrected chi connectivity index (χ2v) is 4.19. The number of benzene rings is 1. The van der Waals surface area contributed by atoms with Gasteiger partial charge in [-0.25, -0.2) is 4.79 Å². The maximum absolute atomic E-state index is 11.8. The molecule has 6 heteroatoms. The molecule has 116 valence electrons. The summed E-state index contributed by atoms with van der Waals surface area (Å²) in [5, 5.41) is 2.37. The van der Waals surface area contributed by atoms with Gasteiger partial charge in [-0.3, -0.25) is 4.79 Å². The molecule has 1 rings (SSSR count). The van der Waals surface area contributed by atoms with Gasteiger partial charge in [0.2, 0.25) is 0 Å². The van der Waals surface area contributed by atoms with Gasteiger partial charge >= 0.3 is 5.97 Å². The molecule has 0 saturated heterocycles. The van der Waals surface area contributed by atoms with E-state index >= 15 is 0 Å². The Kier molecular flexibility index (Phi) is 7.08. The number of rotatable bonds is 8. The third-order valence-electron chi connectivity index (χ3n) is 2.55. The molecular weight excluding hydrogens is 274 g/mol. The quantitative estimate of drug-likeness (QED) is 0.740.